The second kappa shape index (κ2) is 11.3. The molecule has 0 unspecified atom stereocenters. The highest BCUT2D eigenvalue weighted by molar-refractivity contribution is 9.10. The minimum absolute atomic E-state index is 0.173. The van der Waals surface area contributed by atoms with Crippen molar-refractivity contribution in [3.8, 4) is 11.5 Å². The molecule has 0 fully saturated rings. The highest BCUT2D eigenvalue weighted by atomic mass is 79.9. The average molecular weight is 616 g/mol. The predicted octanol–water partition coefficient (Wildman–Crippen LogP) is 5.36. The van der Waals surface area contributed by atoms with E-state index in [0.717, 1.165) is 10.9 Å². The van der Waals surface area contributed by atoms with Crippen LogP contribution in [0.5, 0.6) is 11.5 Å². The smallest absolute Gasteiger partial charge is 0.346 e. The highest BCUT2D eigenvalue weighted by Gasteiger charge is 2.23. The fourth-order valence-corrected chi connectivity index (χ4v) is 4.17. The topological polar surface area (TPSA) is 92.0 Å². The molecule has 180 valence electrons. The summed E-state index contributed by atoms with van der Waals surface area (Å²) in [5.74, 6) is 0.442. The van der Waals surface area contributed by atoms with Crippen LogP contribution in [0.3, 0.4) is 0 Å². The van der Waals surface area contributed by atoms with Gasteiger partial charge in [0.1, 0.15) is 10.8 Å². The summed E-state index contributed by atoms with van der Waals surface area (Å²) in [5.41, 5.74) is 0.853. The number of esters is 1. The second-order valence-corrected chi connectivity index (χ2v) is 9.30. The molecule has 1 atom stereocenters. The summed E-state index contributed by atoms with van der Waals surface area (Å²) in [4.78, 5) is 29.6. The second-order valence-electron chi connectivity index (χ2n) is 7.21. The number of hydrogen-bond acceptors (Lipinski definition) is 7. The lowest BCUT2D eigenvalue weighted by Crippen LogP contribution is -2.25. The number of halogens is 3. The third-order valence-electron chi connectivity index (χ3n) is 4.86. The van der Waals surface area contributed by atoms with E-state index in [1.807, 2.05) is 13.0 Å². The van der Waals surface area contributed by atoms with Gasteiger partial charge < -0.3 is 14.2 Å². The normalized spacial score (nSPS) is 12.2. The zero-order valence-corrected chi connectivity index (χ0v) is 22.8. The summed E-state index contributed by atoms with van der Waals surface area (Å²) in [6.07, 6.45) is 1.94. The van der Waals surface area contributed by atoms with Crippen LogP contribution >= 0.6 is 43.5 Å². The number of rotatable bonds is 8. The third-order valence-corrected chi connectivity index (χ3v) is 6.80. The Balaban J connectivity index is 2.10. The molecule has 1 aromatic heterocycles. The number of aromatic nitrogens is 2. The molecule has 0 saturated heterocycles. The van der Waals surface area contributed by atoms with E-state index >= 15 is 0 Å². The molecular weight excluding hydrogens is 594 g/mol. The lowest BCUT2D eigenvalue weighted by atomic mass is 10.2. The molecule has 1 heterocycles. The molecular formula is C23H22Br2ClN3O5. The van der Waals surface area contributed by atoms with Crippen LogP contribution in [0.25, 0.3) is 10.9 Å². The maximum Gasteiger partial charge on any atom is 0.346 e. The minimum atomic E-state index is -0.902. The van der Waals surface area contributed by atoms with Gasteiger partial charge in [0, 0.05) is 20.9 Å². The van der Waals surface area contributed by atoms with Crippen molar-refractivity contribution in [2.75, 3.05) is 14.2 Å². The number of ether oxygens (including phenoxy) is 3. The van der Waals surface area contributed by atoms with Crippen LogP contribution in [0, 0.1) is 0 Å². The van der Waals surface area contributed by atoms with Crippen LogP contribution in [0.4, 0.5) is 0 Å². The van der Waals surface area contributed by atoms with Gasteiger partial charge in [-0.25, -0.2) is 9.78 Å². The molecule has 34 heavy (non-hydrogen) atoms. The van der Waals surface area contributed by atoms with E-state index in [-0.39, 0.29) is 22.1 Å². The number of fused-ring (bicyclic) bond motifs is 1. The van der Waals surface area contributed by atoms with Crippen molar-refractivity contribution in [1.82, 2.24) is 9.66 Å². The first-order valence-corrected chi connectivity index (χ1v) is 12.2. The molecule has 0 aliphatic rings. The maximum atomic E-state index is 13.2. The van der Waals surface area contributed by atoms with Crippen molar-refractivity contribution >= 4 is 66.5 Å². The van der Waals surface area contributed by atoms with E-state index in [1.165, 1.54) is 32.0 Å². The quantitative estimate of drug-likeness (QED) is 0.250. The number of aryl methyl sites for hydroxylation is 1. The average Bonchev–Trinajstić information content (AvgIpc) is 2.82. The molecule has 0 aliphatic heterocycles. The van der Waals surface area contributed by atoms with Gasteiger partial charge in [0.25, 0.3) is 5.56 Å². The van der Waals surface area contributed by atoms with Crippen molar-refractivity contribution in [2.24, 2.45) is 5.10 Å². The van der Waals surface area contributed by atoms with Crippen LogP contribution in [-0.2, 0) is 16.0 Å². The van der Waals surface area contributed by atoms with Gasteiger partial charge in [-0.3, -0.25) is 4.79 Å². The monoisotopic (exact) mass is 613 g/mol. The number of hydrogen-bond donors (Lipinski definition) is 0. The van der Waals surface area contributed by atoms with Gasteiger partial charge >= 0.3 is 5.97 Å². The van der Waals surface area contributed by atoms with Crippen molar-refractivity contribution in [2.45, 2.75) is 32.8 Å². The standard InChI is InChI=1S/C23H22Br2ClN3O5/c1-5-6-18-28-16-8-7-14(24)10-15(16)22(30)29(18)27-11-13-9-17(32-3)21(20(26)19(13)25)34-12(2)23(31)33-4/h7-12H,5-6H2,1-4H3/t12-/m0/s1. The predicted molar refractivity (Wildman–Crippen MR) is 138 cm³/mol. The summed E-state index contributed by atoms with van der Waals surface area (Å²) in [6, 6.07) is 6.99. The lowest BCUT2D eigenvalue weighted by Gasteiger charge is -2.18. The van der Waals surface area contributed by atoms with Gasteiger partial charge in [0.05, 0.1) is 31.3 Å². The van der Waals surface area contributed by atoms with Crippen molar-refractivity contribution in [3.05, 3.63) is 60.0 Å². The van der Waals surface area contributed by atoms with Gasteiger partial charge in [-0.15, -0.1) is 0 Å². The molecule has 0 saturated carbocycles. The van der Waals surface area contributed by atoms with E-state index in [2.05, 4.69) is 41.9 Å². The molecule has 0 bridgehead atoms. The third kappa shape index (κ3) is 5.45. The Morgan fingerprint density at radius 1 is 1.29 bits per heavy atom. The summed E-state index contributed by atoms with van der Waals surface area (Å²) in [6.45, 7) is 3.54. The molecule has 0 N–H and O–H groups in total. The molecule has 0 aliphatic carbocycles. The minimum Gasteiger partial charge on any atom is -0.493 e. The number of nitrogens with zero attached hydrogens (tertiary/aromatic N) is 3. The van der Waals surface area contributed by atoms with Crippen LogP contribution < -0.4 is 15.0 Å². The Kier molecular flexibility index (Phi) is 8.72. The van der Waals surface area contributed by atoms with Gasteiger partial charge in [-0.2, -0.15) is 9.78 Å². The Bertz CT molecular complexity index is 1330. The fourth-order valence-electron chi connectivity index (χ4n) is 3.17. The zero-order chi connectivity index (χ0) is 25.0. The highest BCUT2D eigenvalue weighted by Crippen LogP contribution is 2.42. The number of carbonyl (C=O) groups excluding carboxylic acids is 1. The first kappa shape index (κ1) is 26.2. The van der Waals surface area contributed by atoms with E-state index in [1.54, 1.807) is 18.2 Å². The van der Waals surface area contributed by atoms with E-state index in [4.69, 9.17) is 25.8 Å². The van der Waals surface area contributed by atoms with Gasteiger partial charge in [0.2, 0.25) is 0 Å². The number of methoxy groups -OCH3 is 2. The van der Waals surface area contributed by atoms with Crippen molar-refractivity contribution < 1.29 is 19.0 Å². The summed E-state index contributed by atoms with van der Waals surface area (Å²) in [7, 11) is 2.72. The molecule has 2 aromatic carbocycles. The van der Waals surface area contributed by atoms with E-state index in [9.17, 15) is 9.59 Å². The molecule has 11 heteroatoms. The van der Waals surface area contributed by atoms with Crippen molar-refractivity contribution in [3.63, 3.8) is 0 Å². The van der Waals surface area contributed by atoms with Gasteiger partial charge in [0.15, 0.2) is 17.6 Å². The molecule has 0 spiro atoms. The van der Waals surface area contributed by atoms with Crippen LogP contribution in [0.1, 0.15) is 31.7 Å². The molecule has 0 amide bonds. The first-order chi connectivity index (χ1) is 16.2. The Morgan fingerprint density at radius 2 is 2.03 bits per heavy atom. The fraction of sp³-hybridized carbons (Fsp3) is 0.304. The van der Waals surface area contributed by atoms with Crippen LogP contribution in [0.2, 0.25) is 5.02 Å². The van der Waals surface area contributed by atoms with Gasteiger partial charge in [-0.05, 0) is 53.5 Å². The van der Waals surface area contributed by atoms with Crippen LogP contribution in [-0.4, -0.2) is 42.2 Å². The van der Waals surface area contributed by atoms with Crippen molar-refractivity contribution in [1.29, 1.82) is 0 Å². The molecule has 8 nitrogen and oxygen atoms in total. The Morgan fingerprint density at radius 3 is 2.68 bits per heavy atom. The summed E-state index contributed by atoms with van der Waals surface area (Å²) < 4.78 is 18.3. The maximum absolute atomic E-state index is 13.2. The zero-order valence-electron chi connectivity index (χ0n) is 18.9. The Labute approximate surface area is 218 Å². The molecule has 3 aromatic rings. The number of carbonyl (C=O) groups is 1. The lowest BCUT2D eigenvalue weighted by molar-refractivity contribution is -0.147. The van der Waals surface area contributed by atoms with Crippen LogP contribution in [0.15, 0.2) is 43.1 Å². The van der Waals surface area contributed by atoms with Gasteiger partial charge in [-0.1, -0.05) is 34.5 Å². The largest absolute Gasteiger partial charge is 0.493 e. The summed E-state index contributed by atoms with van der Waals surface area (Å²) in [5, 5.41) is 5.05. The Hall–Kier alpha value is -2.43. The first-order valence-electron chi connectivity index (χ1n) is 10.3. The molecule has 0 radical (unpaired) electrons. The van der Waals surface area contributed by atoms with E-state index < -0.39 is 12.1 Å². The van der Waals surface area contributed by atoms with E-state index in [0.29, 0.717) is 33.2 Å². The number of benzene rings is 2. The molecule has 3 rings (SSSR count). The summed E-state index contributed by atoms with van der Waals surface area (Å²) >= 11 is 13.4. The SMILES string of the molecule is CCCc1nc2ccc(Br)cc2c(=O)n1N=Cc1cc(OC)c(O[C@@H](C)C(=O)OC)c(Cl)c1Br.